The minimum absolute atomic E-state index is 0.00229. The fourth-order valence-electron chi connectivity index (χ4n) is 5.59. The predicted molar refractivity (Wildman–Crippen MR) is 242 cm³/mol. The van der Waals surface area contributed by atoms with Crippen molar-refractivity contribution < 1.29 is 23.8 Å². The molecule has 0 amide bonds. The second-order valence-corrected chi connectivity index (χ2v) is 14.2. The Hall–Kier alpha value is -3.44. The molecule has 0 aliphatic carbocycles. The summed E-state index contributed by atoms with van der Waals surface area (Å²) in [7, 11) is 0. The van der Waals surface area contributed by atoms with Gasteiger partial charge in [0.15, 0.2) is 6.10 Å². The van der Waals surface area contributed by atoms with Gasteiger partial charge in [0.05, 0.1) is 13.0 Å². The molecule has 1 unspecified atom stereocenters. The van der Waals surface area contributed by atoms with Gasteiger partial charge in [-0.1, -0.05) is 201 Å². The Labute approximate surface area is 344 Å². The molecular formula is C51H82O5. The number of esters is 2. The lowest BCUT2D eigenvalue weighted by Crippen LogP contribution is -2.30. The summed E-state index contributed by atoms with van der Waals surface area (Å²) in [5.74, 6) is -0.645. The van der Waals surface area contributed by atoms with Gasteiger partial charge < -0.3 is 14.2 Å². The van der Waals surface area contributed by atoms with Crippen LogP contribution in [0.25, 0.3) is 0 Å². The predicted octanol–water partition coefficient (Wildman–Crippen LogP) is 14.9. The van der Waals surface area contributed by atoms with Gasteiger partial charge >= 0.3 is 11.9 Å². The lowest BCUT2D eigenvalue weighted by atomic mass is 10.1. The Kier molecular flexibility index (Phi) is 43.1. The average Bonchev–Trinajstić information content (AvgIpc) is 3.20. The number of unbranched alkanes of at least 4 members (excludes halogenated alkanes) is 11. The molecule has 0 rings (SSSR count). The van der Waals surface area contributed by atoms with E-state index in [-0.39, 0.29) is 38.0 Å². The van der Waals surface area contributed by atoms with Crippen molar-refractivity contribution in [2.45, 2.75) is 181 Å². The summed E-state index contributed by atoms with van der Waals surface area (Å²) >= 11 is 0. The van der Waals surface area contributed by atoms with Gasteiger partial charge in [0.1, 0.15) is 6.61 Å². The van der Waals surface area contributed by atoms with E-state index in [1.807, 2.05) is 18.2 Å². The number of hydrogen-bond donors (Lipinski definition) is 0. The van der Waals surface area contributed by atoms with Crippen LogP contribution >= 0.6 is 0 Å². The molecule has 5 heteroatoms. The Bertz CT molecular complexity index is 1150. The first-order valence-electron chi connectivity index (χ1n) is 22.4. The van der Waals surface area contributed by atoms with Crippen molar-refractivity contribution in [2.24, 2.45) is 0 Å². The maximum Gasteiger partial charge on any atom is 0.309 e. The third-order valence-corrected chi connectivity index (χ3v) is 8.85. The fourth-order valence-corrected chi connectivity index (χ4v) is 5.59. The summed E-state index contributed by atoms with van der Waals surface area (Å²) in [5, 5.41) is 0. The molecule has 5 nitrogen and oxygen atoms in total. The Morgan fingerprint density at radius 1 is 0.429 bits per heavy atom. The molecule has 0 saturated carbocycles. The van der Waals surface area contributed by atoms with E-state index in [0.717, 1.165) is 70.6 Å². The summed E-state index contributed by atoms with van der Waals surface area (Å²) in [6.07, 6.45) is 62.7. The molecule has 0 heterocycles. The van der Waals surface area contributed by atoms with E-state index in [9.17, 15) is 9.59 Å². The molecule has 0 aromatic heterocycles. The maximum absolute atomic E-state index is 12.7. The molecule has 0 saturated heterocycles. The molecule has 0 N–H and O–H groups in total. The number of carbonyl (C=O) groups is 2. The van der Waals surface area contributed by atoms with Gasteiger partial charge in [0.2, 0.25) is 0 Å². The van der Waals surface area contributed by atoms with E-state index in [1.165, 1.54) is 64.2 Å². The highest BCUT2D eigenvalue weighted by Crippen LogP contribution is 2.12. The zero-order valence-corrected chi connectivity index (χ0v) is 36.1. The summed E-state index contributed by atoms with van der Waals surface area (Å²) < 4.78 is 17.1. The Balaban J connectivity index is 4.51. The van der Waals surface area contributed by atoms with Crippen LogP contribution in [-0.4, -0.2) is 37.9 Å². The van der Waals surface area contributed by atoms with Crippen LogP contribution in [0.15, 0.2) is 109 Å². The molecule has 56 heavy (non-hydrogen) atoms. The molecule has 316 valence electrons. The summed E-state index contributed by atoms with van der Waals surface area (Å²) in [6.45, 7) is 7.39. The number of hydrogen-bond acceptors (Lipinski definition) is 5. The lowest BCUT2D eigenvalue weighted by molar-refractivity contribution is -0.162. The first kappa shape index (κ1) is 52.6. The highest BCUT2D eigenvalue weighted by molar-refractivity contribution is 5.71. The van der Waals surface area contributed by atoms with E-state index in [2.05, 4.69) is 112 Å². The lowest BCUT2D eigenvalue weighted by Gasteiger charge is -2.18. The van der Waals surface area contributed by atoms with Gasteiger partial charge in [-0.25, -0.2) is 0 Å². The molecular weight excluding hydrogens is 693 g/mol. The van der Waals surface area contributed by atoms with Gasteiger partial charge in [-0.2, -0.15) is 0 Å². The molecule has 0 aromatic rings. The van der Waals surface area contributed by atoms with E-state index in [4.69, 9.17) is 14.2 Å². The van der Waals surface area contributed by atoms with Crippen molar-refractivity contribution in [2.75, 3.05) is 19.8 Å². The molecule has 0 aliphatic heterocycles. The van der Waals surface area contributed by atoms with Gasteiger partial charge in [0.25, 0.3) is 0 Å². The largest absolute Gasteiger partial charge is 0.461 e. The quantitative estimate of drug-likeness (QED) is 0.0354. The molecule has 0 spiro atoms. The van der Waals surface area contributed by atoms with Crippen molar-refractivity contribution in [1.29, 1.82) is 0 Å². The Morgan fingerprint density at radius 2 is 0.821 bits per heavy atom. The van der Waals surface area contributed by atoms with Crippen molar-refractivity contribution in [3.8, 4) is 0 Å². The van der Waals surface area contributed by atoms with Crippen LogP contribution in [0.2, 0.25) is 0 Å². The molecule has 0 fully saturated rings. The Morgan fingerprint density at radius 3 is 1.27 bits per heavy atom. The van der Waals surface area contributed by atoms with Crippen molar-refractivity contribution in [3.05, 3.63) is 109 Å². The maximum atomic E-state index is 12.7. The third kappa shape index (κ3) is 43.3. The first-order valence-corrected chi connectivity index (χ1v) is 22.4. The van der Waals surface area contributed by atoms with Gasteiger partial charge in [-0.15, -0.1) is 0 Å². The molecule has 0 aliphatic rings. The standard InChI is InChI=1S/C51H82O5/c1-4-7-10-13-16-19-22-25-26-28-29-32-35-38-41-44-50(52)55-48-49(47-54-46-43-40-37-34-31-24-21-18-15-12-9-6-3)56-51(53)45-42-39-36-33-30-27-23-20-17-14-11-8-5-2/h7-8,10-11,16-17,19-20,25-27,29-30,32,36,38-39,41,49H,4-6,9,12-15,18,21-24,28,31,33-35,37,40,42-48H2,1-3H3/b10-7-,11-8-,19-16-,20-17-,26-25-,30-27-,32-29-,39-36-,41-38-. The van der Waals surface area contributed by atoms with E-state index >= 15 is 0 Å². The van der Waals surface area contributed by atoms with Gasteiger partial charge in [-0.05, 0) is 70.6 Å². The number of carbonyl (C=O) groups excluding carboxylic acids is 2. The summed E-state index contributed by atoms with van der Waals surface area (Å²) in [4.78, 5) is 25.1. The van der Waals surface area contributed by atoms with Crippen LogP contribution < -0.4 is 0 Å². The molecule has 1 atom stereocenters. The summed E-state index contributed by atoms with van der Waals surface area (Å²) in [6, 6.07) is 0. The van der Waals surface area contributed by atoms with Crippen LogP contribution in [0.1, 0.15) is 175 Å². The first-order chi connectivity index (χ1) is 27.6. The molecule has 0 bridgehead atoms. The van der Waals surface area contributed by atoms with Crippen molar-refractivity contribution in [1.82, 2.24) is 0 Å². The van der Waals surface area contributed by atoms with Crippen LogP contribution in [-0.2, 0) is 23.8 Å². The number of rotatable bonds is 39. The second-order valence-electron chi connectivity index (χ2n) is 14.2. The second kappa shape index (κ2) is 45.9. The normalized spacial score (nSPS) is 13.3. The van der Waals surface area contributed by atoms with E-state index < -0.39 is 6.10 Å². The van der Waals surface area contributed by atoms with Gasteiger partial charge in [-0.3, -0.25) is 9.59 Å². The van der Waals surface area contributed by atoms with Crippen LogP contribution in [0.5, 0.6) is 0 Å². The molecule has 0 aromatic carbocycles. The topological polar surface area (TPSA) is 61.8 Å². The number of ether oxygens (including phenoxy) is 3. The van der Waals surface area contributed by atoms with E-state index in [1.54, 1.807) is 0 Å². The van der Waals surface area contributed by atoms with Crippen LogP contribution in [0.3, 0.4) is 0 Å². The fraction of sp³-hybridized carbons (Fsp3) is 0.608. The SMILES string of the molecule is CC/C=C\C/C=C\C/C=C\C/C=C\C/C=C\CC(=O)OCC(COCCCCCCCCCCCCCC)OC(=O)CC/C=C\C/C=C\C/C=C\C/C=C\CC. The highest BCUT2D eigenvalue weighted by atomic mass is 16.6. The molecule has 0 radical (unpaired) electrons. The summed E-state index contributed by atoms with van der Waals surface area (Å²) in [5.41, 5.74) is 0. The zero-order valence-electron chi connectivity index (χ0n) is 36.1. The minimum atomic E-state index is -0.616. The van der Waals surface area contributed by atoms with Crippen LogP contribution in [0, 0.1) is 0 Å². The zero-order chi connectivity index (χ0) is 40.7. The van der Waals surface area contributed by atoms with Crippen LogP contribution in [0.4, 0.5) is 0 Å². The average molecular weight is 775 g/mol. The highest BCUT2D eigenvalue weighted by Gasteiger charge is 2.17. The third-order valence-electron chi connectivity index (χ3n) is 8.85. The minimum Gasteiger partial charge on any atom is -0.461 e. The monoisotopic (exact) mass is 775 g/mol. The smallest absolute Gasteiger partial charge is 0.309 e. The van der Waals surface area contributed by atoms with Crippen molar-refractivity contribution in [3.63, 3.8) is 0 Å². The van der Waals surface area contributed by atoms with Gasteiger partial charge in [0, 0.05) is 13.0 Å². The van der Waals surface area contributed by atoms with E-state index in [0.29, 0.717) is 13.0 Å². The number of allylic oxidation sites excluding steroid dienone is 17. The van der Waals surface area contributed by atoms with Crippen molar-refractivity contribution >= 4 is 11.9 Å².